The number of hydrogen-bond donors (Lipinski definition) is 4. The highest BCUT2D eigenvalue weighted by Gasteiger charge is 2.30. The Labute approximate surface area is 235 Å². The summed E-state index contributed by atoms with van der Waals surface area (Å²) in [6, 6.07) is 17.8. The Morgan fingerprint density at radius 2 is 1.59 bits per heavy atom. The average Bonchev–Trinajstić information content (AvgIpc) is 2.92. The fourth-order valence-corrected chi connectivity index (χ4v) is 4.04. The molecule has 3 aromatic rings. The predicted molar refractivity (Wildman–Crippen MR) is 148 cm³/mol. The highest BCUT2D eigenvalue weighted by atomic mass is 35.5. The van der Waals surface area contributed by atoms with Crippen LogP contribution in [0.3, 0.4) is 0 Å². The van der Waals surface area contributed by atoms with Gasteiger partial charge < -0.3 is 21.3 Å². The first-order valence-electron chi connectivity index (χ1n) is 12.3. The maximum atomic E-state index is 12.8. The van der Waals surface area contributed by atoms with Gasteiger partial charge in [-0.15, -0.1) is 0 Å². The second kappa shape index (κ2) is 14.2. The Bertz CT molecular complexity index is 1240. The lowest BCUT2D eigenvalue weighted by Gasteiger charge is -2.22. The molecule has 39 heavy (non-hydrogen) atoms. The summed E-state index contributed by atoms with van der Waals surface area (Å²) in [6.07, 6.45) is -3.72. The van der Waals surface area contributed by atoms with Gasteiger partial charge in [0.1, 0.15) is 0 Å². The summed E-state index contributed by atoms with van der Waals surface area (Å²) >= 11 is 12.2. The third-order valence-corrected chi connectivity index (χ3v) is 6.73. The molecule has 0 aliphatic heterocycles. The molecule has 11 heteroatoms. The summed E-state index contributed by atoms with van der Waals surface area (Å²) in [5.74, 6) is -0.896. The molecule has 0 aromatic heterocycles. The van der Waals surface area contributed by atoms with E-state index in [1.807, 2.05) is 37.3 Å². The molecular weight excluding hydrogens is 552 g/mol. The molecule has 0 bridgehead atoms. The van der Waals surface area contributed by atoms with Gasteiger partial charge in [0.2, 0.25) is 5.91 Å². The summed E-state index contributed by atoms with van der Waals surface area (Å²) in [6.45, 7) is 2.63. The van der Waals surface area contributed by atoms with E-state index in [-0.39, 0.29) is 35.6 Å². The van der Waals surface area contributed by atoms with Crippen LogP contribution in [0.2, 0.25) is 10.0 Å². The fourth-order valence-electron chi connectivity index (χ4n) is 3.73. The van der Waals surface area contributed by atoms with Crippen molar-refractivity contribution < 1.29 is 22.8 Å². The lowest BCUT2D eigenvalue weighted by molar-refractivity contribution is -0.137. The quantitative estimate of drug-likeness (QED) is 0.209. The fraction of sp³-hybridized carbons (Fsp3) is 0.286. The number of amides is 2. The number of halogens is 5. The Morgan fingerprint density at radius 3 is 2.21 bits per heavy atom. The Morgan fingerprint density at radius 1 is 0.897 bits per heavy atom. The van der Waals surface area contributed by atoms with E-state index in [4.69, 9.17) is 23.2 Å². The van der Waals surface area contributed by atoms with Gasteiger partial charge in [0.25, 0.3) is 5.91 Å². The van der Waals surface area contributed by atoms with Crippen LogP contribution in [-0.2, 0) is 11.0 Å². The molecule has 2 unspecified atom stereocenters. The number of carbonyl (C=O) groups excluding carboxylic acids is 2. The first-order valence-corrected chi connectivity index (χ1v) is 13.0. The first-order chi connectivity index (χ1) is 18.6. The van der Waals surface area contributed by atoms with Gasteiger partial charge in [0.15, 0.2) is 0 Å². The van der Waals surface area contributed by atoms with E-state index < -0.39 is 23.7 Å². The van der Waals surface area contributed by atoms with Crippen molar-refractivity contribution in [2.75, 3.05) is 25.0 Å². The Balaban J connectivity index is 1.62. The molecule has 0 radical (unpaired) electrons. The van der Waals surface area contributed by atoms with Gasteiger partial charge in [-0.25, -0.2) is 0 Å². The SMILES string of the molecule is CCC(CNc1ccccc1)NCC(=O)NC(CNC(=O)c1ccc(C(F)(F)F)cc1)c1ccc(Cl)c(Cl)c1. The predicted octanol–water partition coefficient (Wildman–Crippen LogP) is 6.08. The van der Waals surface area contributed by atoms with E-state index in [0.29, 0.717) is 17.1 Å². The number of nitrogens with one attached hydrogen (secondary N) is 4. The third kappa shape index (κ3) is 9.45. The van der Waals surface area contributed by atoms with Crippen LogP contribution in [-0.4, -0.2) is 37.5 Å². The third-order valence-electron chi connectivity index (χ3n) is 5.99. The normalized spacial score (nSPS) is 12.9. The van der Waals surface area contributed by atoms with Gasteiger partial charge in [0.05, 0.1) is 28.2 Å². The number of carbonyl (C=O) groups is 2. The second-order valence-corrected chi connectivity index (χ2v) is 9.63. The molecule has 2 atom stereocenters. The summed E-state index contributed by atoms with van der Waals surface area (Å²) in [5, 5.41) is 12.7. The average molecular weight is 581 g/mol. The molecule has 3 aromatic carbocycles. The molecule has 3 rings (SSSR count). The van der Waals surface area contributed by atoms with Crippen LogP contribution in [0.15, 0.2) is 72.8 Å². The minimum Gasteiger partial charge on any atom is -0.383 e. The van der Waals surface area contributed by atoms with E-state index in [1.54, 1.807) is 18.2 Å². The summed E-state index contributed by atoms with van der Waals surface area (Å²) in [4.78, 5) is 25.5. The number of alkyl halides is 3. The summed E-state index contributed by atoms with van der Waals surface area (Å²) in [7, 11) is 0. The molecule has 0 fully saturated rings. The monoisotopic (exact) mass is 580 g/mol. The van der Waals surface area contributed by atoms with Crippen molar-refractivity contribution in [3.05, 3.63) is 99.5 Å². The van der Waals surface area contributed by atoms with Crippen LogP contribution >= 0.6 is 23.2 Å². The zero-order valence-corrected chi connectivity index (χ0v) is 22.6. The van der Waals surface area contributed by atoms with Crippen molar-refractivity contribution in [3.8, 4) is 0 Å². The smallest absolute Gasteiger partial charge is 0.383 e. The van der Waals surface area contributed by atoms with E-state index >= 15 is 0 Å². The number of anilines is 1. The van der Waals surface area contributed by atoms with E-state index in [9.17, 15) is 22.8 Å². The molecule has 0 spiro atoms. The minimum absolute atomic E-state index is 0.0266. The minimum atomic E-state index is -4.50. The molecular formula is C28H29Cl2F3N4O2. The van der Waals surface area contributed by atoms with Crippen LogP contribution in [0.1, 0.15) is 40.9 Å². The summed E-state index contributed by atoms with van der Waals surface area (Å²) in [5.41, 5.74) is 0.784. The zero-order chi connectivity index (χ0) is 28.4. The number of rotatable bonds is 12. The van der Waals surface area contributed by atoms with Crippen LogP contribution in [0, 0.1) is 0 Å². The van der Waals surface area contributed by atoms with Crippen molar-refractivity contribution in [3.63, 3.8) is 0 Å². The van der Waals surface area contributed by atoms with Gasteiger partial charge in [-0.2, -0.15) is 13.2 Å². The molecule has 208 valence electrons. The van der Waals surface area contributed by atoms with Crippen molar-refractivity contribution in [2.24, 2.45) is 0 Å². The topological polar surface area (TPSA) is 82.3 Å². The lowest BCUT2D eigenvalue weighted by Crippen LogP contribution is -2.45. The Kier molecular flexibility index (Phi) is 11.0. The van der Waals surface area contributed by atoms with Crippen molar-refractivity contribution >= 4 is 40.7 Å². The maximum Gasteiger partial charge on any atom is 0.416 e. The van der Waals surface area contributed by atoms with Crippen LogP contribution in [0.5, 0.6) is 0 Å². The number of para-hydroxylation sites is 1. The van der Waals surface area contributed by atoms with Gasteiger partial charge >= 0.3 is 6.18 Å². The van der Waals surface area contributed by atoms with Crippen LogP contribution in [0.25, 0.3) is 0 Å². The first kappa shape index (κ1) is 30.3. The standard InChI is InChI=1S/C28H29Cl2F3N4O2/c1-2-21(15-34-22-6-4-3-5-7-22)35-17-26(38)37-25(19-10-13-23(29)24(30)14-19)16-36-27(39)18-8-11-20(12-9-18)28(31,32)33/h3-14,21,25,34-35H,2,15-17H2,1H3,(H,36,39)(H,37,38). The molecule has 0 saturated heterocycles. The van der Waals surface area contributed by atoms with Gasteiger partial charge in [-0.1, -0.05) is 54.4 Å². The van der Waals surface area contributed by atoms with E-state index in [0.717, 1.165) is 36.4 Å². The van der Waals surface area contributed by atoms with Crippen LogP contribution < -0.4 is 21.3 Å². The van der Waals surface area contributed by atoms with Gasteiger partial charge in [0, 0.05) is 30.4 Å². The molecule has 0 heterocycles. The summed E-state index contributed by atoms with van der Waals surface area (Å²) < 4.78 is 38.5. The van der Waals surface area contributed by atoms with Gasteiger partial charge in [-0.3, -0.25) is 9.59 Å². The van der Waals surface area contributed by atoms with Crippen LogP contribution in [0.4, 0.5) is 18.9 Å². The largest absolute Gasteiger partial charge is 0.416 e. The maximum absolute atomic E-state index is 12.8. The van der Waals surface area contributed by atoms with E-state index in [1.165, 1.54) is 0 Å². The highest BCUT2D eigenvalue weighted by molar-refractivity contribution is 6.42. The van der Waals surface area contributed by atoms with E-state index in [2.05, 4.69) is 21.3 Å². The molecule has 0 aliphatic carbocycles. The van der Waals surface area contributed by atoms with Gasteiger partial charge in [-0.05, 0) is 60.5 Å². The molecule has 2 amide bonds. The number of hydrogen-bond acceptors (Lipinski definition) is 4. The lowest BCUT2D eigenvalue weighted by atomic mass is 10.1. The zero-order valence-electron chi connectivity index (χ0n) is 21.1. The molecule has 0 aliphatic rings. The van der Waals surface area contributed by atoms with Crippen molar-refractivity contribution in [1.29, 1.82) is 0 Å². The molecule has 0 saturated carbocycles. The molecule has 4 N–H and O–H groups in total. The van der Waals surface area contributed by atoms with Crippen molar-refractivity contribution in [1.82, 2.24) is 16.0 Å². The second-order valence-electron chi connectivity index (χ2n) is 8.81. The highest BCUT2D eigenvalue weighted by Crippen LogP contribution is 2.29. The Hall–Kier alpha value is -3.27. The van der Waals surface area contributed by atoms with Crippen molar-refractivity contribution in [2.45, 2.75) is 31.6 Å². The molecule has 6 nitrogen and oxygen atoms in total. The number of benzene rings is 3.